The third kappa shape index (κ3) is 2.16. The molecule has 98 valence electrons. The predicted octanol–water partition coefficient (Wildman–Crippen LogP) is 2.22. The standard InChI is InChI=1S/C15H13N5/c16-15(17)14-13(7-4-8-18-14)20-10-12(9-19-20)11-5-2-1-3-6-11/h1-10H,(H3,16,17). The van der Waals surface area contributed by atoms with Crippen molar-refractivity contribution in [1.29, 1.82) is 5.41 Å². The number of hydrogen-bond acceptors (Lipinski definition) is 3. The first kappa shape index (κ1) is 12.1. The van der Waals surface area contributed by atoms with Gasteiger partial charge in [0.1, 0.15) is 11.5 Å². The summed E-state index contributed by atoms with van der Waals surface area (Å²) in [6.45, 7) is 0. The van der Waals surface area contributed by atoms with E-state index in [1.165, 1.54) is 0 Å². The first-order valence-corrected chi connectivity index (χ1v) is 6.15. The van der Waals surface area contributed by atoms with Crippen LogP contribution in [0.15, 0.2) is 61.1 Å². The third-order valence-electron chi connectivity index (χ3n) is 2.98. The Morgan fingerprint density at radius 3 is 2.60 bits per heavy atom. The number of aromatic nitrogens is 3. The molecule has 5 heteroatoms. The molecule has 0 aliphatic carbocycles. The lowest BCUT2D eigenvalue weighted by Gasteiger charge is -2.06. The largest absolute Gasteiger partial charge is 0.382 e. The summed E-state index contributed by atoms with van der Waals surface area (Å²) in [5.41, 5.74) is 8.77. The molecule has 3 aromatic rings. The number of nitrogen functional groups attached to an aromatic ring is 1. The Balaban J connectivity index is 2.05. The summed E-state index contributed by atoms with van der Waals surface area (Å²) < 4.78 is 1.69. The lowest BCUT2D eigenvalue weighted by molar-refractivity contribution is 0.870. The second-order valence-corrected chi connectivity index (χ2v) is 4.32. The molecule has 0 amide bonds. The Morgan fingerprint density at radius 2 is 1.85 bits per heavy atom. The van der Waals surface area contributed by atoms with Crippen molar-refractivity contribution in [1.82, 2.24) is 14.8 Å². The highest BCUT2D eigenvalue weighted by Gasteiger charge is 2.10. The number of nitrogens with two attached hydrogens (primary N) is 1. The highest BCUT2D eigenvalue weighted by molar-refractivity contribution is 5.96. The van der Waals surface area contributed by atoms with Gasteiger partial charge in [-0.2, -0.15) is 5.10 Å². The van der Waals surface area contributed by atoms with Gasteiger partial charge in [0, 0.05) is 18.0 Å². The van der Waals surface area contributed by atoms with Crippen molar-refractivity contribution < 1.29 is 0 Å². The van der Waals surface area contributed by atoms with Gasteiger partial charge in [0.2, 0.25) is 0 Å². The van der Waals surface area contributed by atoms with Crippen LogP contribution in [-0.4, -0.2) is 20.6 Å². The highest BCUT2D eigenvalue weighted by Crippen LogP contribution is 2.20. The molecule has 0 radical (unpaired) electrons. The smallest absolute Gasteiger partial charge is 0.144 e. The first-order valence-electron chi connectivity index (χ1n) is 6.15. The molecule has 0 bridgehead atoms. The van der Waals surface area contributed by atoms with E-state index in [9.17, 15) is 0 Å². The third-order valence-corrected chi connectivity index (χ3v) is 2.98. The van der Waals surface area contributed by atoms with Crippen molar-refractivity contribution >= 4 is 5.84 Å². The molecule has 0 saturated carbocycles. The molecule has 0 spiro atoms. The molecule has 0 fully saturated rings. The summed E-state index contributed by atoms with van der Waals surface area (Å²) >= 11 is 0. The molecule has 0 saturated heterocycles. The van der Waals surface area contributed by atoms with Crippen LogP contribution in [0.3, 0.4) is 0 Å². The van der Waals surface area contributed by atoms with E-state index < -0.39 is 0 Å². The van der Waals surface area contributed by atoms with Gasteiger partial charge in [-0.1, -0.05) is 30.3 Å². The molecule has 20 heavy (non-hydrogen) atoms. The van der Waals surface area contributed by atoms with Crippen LogP contribution in [0.25, 0.3) is 16.8 Å². The molecular formula is C15H13N5. The van der Waals surface area contributed by atoms with Crippen LogP contribution < -0.4 is 5.73 Å². The van der Waals surface area contributed by atoms with Gasteiger partial charge in [0.25, 0.3) is 0 Å². The Labute approximate surface area is 116 Å². The van der Waals surface area contributed by atoms with Gasteiger partial charge in [-0.15, -0.1) is 0 Å². The van der Waals surface area contributed by atoms with Crippen molar-refractivity contribution in [2.24, 2.45) is 5.73 Å². The summed E-state index contributed by atoms with van der Waals surface area (Å²) in [5.74, 6) is -0.0719. The topological polar surface area (TPSA) is 80.6 Å². The highest BCUT2D eigenvalue weighted by atomic mass is 15.3. The van der Waals surface area contributed by atoms with E-state index in [-0.39, 0.29) is 5.84 Å². The minimum absolute atomic E-state index is 0.0719. The molecule has 5 nitrogen and oxygen atoms in total. The fourth-order valence-corrected chi connectivity index (χ4v) is 2.02. The van der Waals surface area contributed by atoms with E-state index in [1.807, 2.05) is 42.6 Å². The van der Waals surface area contributed by atoms with Crippen LogP contribution in [0.5, 0.6) is 0 Å². The maximum absolute atomic E-state index is 7.57. The molecule has 3 N–H and O–H groups in total. The molecule has 0 unspecified atom stereocenters. The molecule has 2 aromatic heterocycles. The SMILES string of the molecule is N=C(N)c1ncccc1-n1cc(-c2ccccc2)cn1. The fraction of sp³-hybridized carbons (Fsp3) is 0. The zero-order valence-electron chi connectivity index (χ0n) is 10.7. The van der Waals surface area contributed by atoms with E-state index >= 15 is 0 Å². The number of hydrogen-bond donors (Lipinski definition) is 2. The lowest BCUT2D eigenvalue weighted by atomic mass is 10.1. The van der Waals surface area contributed by atoms with Gasteiger partial charge in [-0.25, -0.2) is 4.68 Å². The van der Waals surface area contributed by atoms with Crippen molar-refractivity contribution in [3.8, 4) is 16.8 Å². The quantitative estimate of drug-likeness (QED) is 0.561. The number of pyridine rings is 1. The van der Waals surface area contributed by atoms with Crippen LogP contribution in [0.1, 0.15) is 5.69 Å². The second kappa shape index (κ2) is 4.97. The summed E-state index contributed by atoms with van der Waals surface area (Å²) in [7, 11) is 0. The van der Waals surface area contributed by atoms with Gasteiger partial charge >= 0.3 is 0 Å². The van der Waals surface area contributed by atoms with Crippen LogP contribution in [0, 0.1) is 5.41 Å². The van der Waals surface area contributed by atoms with E-state index in [1.54, 1.807) is 23.1 Å². The van der Waals surface area contributed by atoms with Crippen molar-refractivity contribution in [2.45, 2.75) is 0 Å². The Hall–Kier alpha value is -2.95. The monoisotopic (exact) mass is 263 g/mol. The molecule has 0 aliphatic rings. The number of rotatable bonds is 3. The minimum atomic E-state index is -0.0719. The van der Waals surface area contributed by atoms with Gasteiger partial charge < -0.3 is 5.73 Å². The lowest BCUT2D eigenvalue weighted by Crippen LogP contribution is -2.16. The molecule has 1 aromatic carbocycles. The Morgan fingerprint density at radius 1 is 1.05 bits per heavy atom. The van der Waals surface area contributed by atoms with Crippen LogP contribution in [-0.2, 0) is 0 Å². The van der Waals surface area contributed by atoms with Crippen LogP contribution in [0.2, 0.25) is 0 Å². The normalized spacial score (nSPS) is 10.4. The van der Waals surface area contributed by atoms with Gasteiger partial charge in [-0.3, -0.25) is 10.4 Å². The minimum Gasteiger partial charge on any atom is -0.382 e. The van der Waals surface area contributed by atoms with E-state index in [4.69, 9.17) is 11.1 Å². The maximum Gasteiger partial charge on any atom is 0.144 e. The van der Waals surface area contributed by atoms with Crippen LogP contribution >= 0.6 is 0 Å². The molecule has 0 aliphatic heterocycles. The zero-order valence-corrected chi connectivity index (χ0v) is 10.7. The Kier molecular flexibility index (Phi) is 3.01. The number of nitrogens with zero attached hydrogens (tertiary/aromatic N) is 3. The number of nitrogens with one attached hydrogen (secondary N) is 1. The predicted molar refractivity (Wildman–Crippen MR) is 77.8 cm³/mol. The van der Waals surface area contributed by atoms with Gasteiger partial charge in [-0.05, 0) is 17.7 Å². The van der Waals surface area contributed by atoms with Crippen LogP contribution in [0.4, 0.5) is 0 Å². The van der Waals surface area contributed by atoms with Crippen molar-refractivity contribution in [2.75, 3.05) is 0 Å². The average molecular weight is 263 g/mol. The van der Waals surface area contributed by atoms with E-state index in [0.29, 0.717) is 11.4 Å². The summed E-state index contributed by atoms with van der Waals surface area (Å²) in [6, 6.07) is 13.6. The first-order chi connectivity index (χ1) is 9.75. The van der Waals surface area contributed by atoms with Crippen molar-refractivity contribution in [3.05, 3.63) is 66.7 Å². The summed E-state index contributed by atoms with van der Waals surface area (Å²) in [4.78, 5) is 4.13. The molecule has 3 rings (SSSR count). The van der Waals surface area contributed by atoms with Crippen molar-refractivity contribution in [3.63, 3.8) is 0 Å². The molecule has 0 atom stereocenters. The van der Waals surface area contributed by atoms with Gasteiger partial charge in [0.05, 0.1) is 11.9 Å². The summed E-state index contributed by atoms with van der Waals surface area (Å²) in [5, 5.41) is 11.9. The fourth-order valence-electron chi connectivity index (χ4n) is 2.02. The van der Waals surface area contributed by atoms with Gasteiger partial charge in [0.15, 0.2) is 0 Å². The number of benzene rings is 1. The second-order valence-electron chi connectivity index (χ2n) is 4.32. The maximum atomic E-state index is 7.57. The Bertz CT molecular complexity index is 746. The number of amidine groups is 1. The zero-order chi connectivity index (χ0) is 13.9. The average Bonchev–Trinajstić information content (AvgIpc) is 2.98. The molecule has 2 heterocycles. The van der Waals surface area contributed by atoms with E-state index in [2.05, 4.69) is 10.1 Å². The summed E-state index contributed by atoms with van der Waals surface area (Å²) in [6.07, 6.45) is 5.30. The van der Waals surface area contributed by atoms with E-state index in [0.717, 1.165) is 11.1 Å². The molecular weight excluding hydrogens is 250 g/mol.